The fourth-order valence-electron chi connectivity index (χ4n) is 3.08. The summed E-state index contributed by atoms with van der Waals surface area (Å²) in [7, 11) is 0. The molecule has 1 N–H and O–H groups in total. The van der Waals surface area contributed by atoms with Crippen LogP contribution in [0.3, 0.4) is 0 Å². The average molecular weight is 218 g/mol. The molecular weight excluding hydrogens is 196 g/mol. The lowest BCUT2D eigenvalue weighted by Crippen LogP contribution is -2.27. The molecule has 1 aliphatic rings. The molecule has 2 rings (SSSR count). The van der Waals surface area contributed by atoms with Gasteiger partial charge in [-0.3, -0.25) is 0 Å². The molecule has 0 aromatic heterocycles. The van der Waals surface area contributed by atoms with E-state index in [0.29, 0.717) is 5.92 Å². The molecular formula is C15H22O. The first-order valence-electron chi connectivity index (χ1n) is 6.26. The van der Waals surface area contributed by atoms with Crippen molar-refractivity contribution in [1.82, 2.24) is 0 Å². The molecule has 0 amide bonds. The van der Waals surface area contributed by atoms with Crippen LogP contribution >= 0.6 is 0 Å². The third-order valence-electron chi connectivity index (χ3n) is 3.65. The lowest BCUT2D eigenvalue weighted by Gasteiger charge is -2.23. The Labute approximate surface area is 98.5 Å². The predicted octanol–water partition coefficient (Wildman–Crippen LogP) is 3.40. The Morgan fingerprint density at radius 1 is 1.25 bits per heavy atom. The summed E-state index contributed by atoms with van der Waals surface area (Å²) in [5, 5.41) is 10.5. The highest BCUT2D eigenvalue weighted by Crippen LogP contribution is 2.36. The minimum atomic E-state index is -0.445. The Bertz CT molecular complexity index is 363. The number of hydrogen-bond acceptors (Lipinski definition) is 1. The molecule has 88 valence electrons. The summed E-state index contributed by atoms with van der Waals surface area (Å²) in [5.41, 5.74) is 3.43. The van der Waals surface area contributed by atoms with E-state index in [1.807, 2.05) is 0 Å². The van der Waals surface area contributed by atoms with Crippen molar-refractivity contribution in [1.29, 1.82) is 0 Å². The highest BCUT2D eigenvalue weighted by atomic mass is 16.3. The van der Waals surface area contributed by atoms with E-state index in [0.717, 1.165) is 19.3 Å². The van der Waals surface area contributed by atoms with Gasteiger partial charge in [0, 0.05) is 6.42 Å². The van der Waals surface area contributed by atoms with E-state index in [1.165, 1.54) is 23.1 Å². The molecule has 0 radical (unpaired) electrons. The number of aryl methyl sites for hydroxylation is 2. The van der Waals surface area contributed by atoms with Gasteiger partial charge < -0.3 is 5.11 Å². The van der Waals surface area contributed by atoms with Crippen molar-refractivity contribution in [3.8, 4) is 0 Å². The molecule has 0 saturated heterocycles. The lowest BCUT2D eigenvalue weighted by atomic mass is 9.91. The second-order valence-electron chi connectivity index (χ2n) is 5.75. The standard InChI is InChI=1S/C15H22O/c1-11-4-5-15(16,9-11)10-14-7-12(2)6-13(3)8-14/h6-8,11,16H,4-5,9-10H2,1-3H3. The maximum absolute atomic E-state index is 10.5. The van der Waals surface area contributed by atoms with E-state index in [2.05, 4.69) is 39.0 Å². The topological polar surface area (TPSA) is 20.2 Å². The zero-order chi connectivity index (χ0) is 11.8. The summed E-state index contributed by atoms with van der Waals surface area (Å²) in [6.07, 6.45) is 3.91. The minimum absolute atomic E-state index is 0.445. The van der Waals surface area contributed by atoms with Crippen molar-refractivity contribution in [2.24, 2.45) is 5.92 Å². The van der Waals surface area contributed by atoms with Crippen molar-refractivity contribution in [3.05, 3.63) is 34.9 Å². The smallest absolute Gasteiger partial charge is 0.0690 e. The molecule has 1 aromatic carbocycles. The van der Waals surface area contributed by atoms with Gasteiger partial charge in [0.05, 0.1) is 5.60 Å². The van der Waals surface area contributed by atoms with E-state index in [1.54, 1.807) is 0 Å². The fraction of sp³-hybridized carbons (Fsp3) is 0.600. The second kappa shape index (κ2) is 4.21. The number of benzene rings is 1. The van der Waals surface area contributed by atoms with Gasteiger partial charge in [0.15, 0.2) is 0 Å². The minimum Gasteiger partial charge on any atom is -0.390 e. The van der Waals surface area contributed by atoms with Crippen molar-refractivity contribution < 1.29 is 5.11 Å². The number of hydrogen-bond donors (Lipinski definition) is 1. The zero-order valence-electron chi connectivity index (χ0n) is 10.6. The number of aliphatic hydroxyl groups is 1. The summed E-state index contributed by atoms with van der Waals surface area (Å²) in [4.78, 5) is 0. The van der Waals surface area contributed by atoms with E-state index >= 15 is 0 Å². The van der Waals surface area contributed by atoms with Crippen LogP contribution in [0.15, 0.2) is 18.2 Å². The van der Waals surface area contributed by atoms with Crippen molar-refractivity contribution in [2.75, 3.05) is 0 Å². The Kier molecular flexibility index (Phi) is 3.07. The molecule has 0 spiro atoms. The molecule has 1 fully saturated rings. The SMILES string of the molecule is Cc1cc(C)cc(CC2(O)CCC(C)C2)c1. The molecule has 1 nitrogen and oxygen atoms in total. The van der Waals surface area contributed by atoms with Crippen molar-refractivity contribution >= 4 is 0 Å². The van der Waals surface area contributed by atoms with Gasteiger partial charge in [-0.2, -0.15) is 0 Å². The molecule has 1 aromatic rings. The first kappa shape index (κ1) is 11.7. The largest absolute Gasteiger partial charge is 0.390 e. The molecule has 16 heavy (non-hydrogen) atoms. The van der Waals surface area contributed by atoms with Crippen LogP contribution in [-0.2, 0) is 6.42 Å². The van der Waals surface area contributed by atoms with Gasteiger partial charge in [-0.25, -0.2) is 0 Å². The average Bonchev–Trinajstić information content (AvgIpc) is 2.43. The summed E-state index contributed by atoms with van der Waals surface area (Å²) >= 11 is 0. The van der Waals surface area contributed by atoms with Crippen LogP contribution in [0.4, 0.5) is 0 Å². The van der Waals surface area contributed by atoms with Gasteiger partial charge in [0.25, 0.3) is 0 Å². The Balaban J connectivity index is 2.14. The summed E-state index contributed by atoms with van der Waals surface area (Å²) < 4.78 is 0. The van der Waals surface area contributed by atoms with Gasteiger partial charge in [-0.15, -0.1) is 0 Å². The third-order valence-corrected chi connectivity index (χ3v) is 3.65. The molecule has 0 bridgehead atoms. The molecule has 1 heteroatoms. The monoisotopic (exact) mass is 218 g/mol. The van der Waals surface area contributed by atoms with Crippen LogP contribution in [0.2, 0.25) is 0 Å². The van der Waals surface area contributed by atoms with E-state index in [-0.39, 0.29) is 0 Å². The maximum atomic E-state index is 10.5. The lowest BCUT2D eigenvalue weighted by molar-refractivity contribution is 0.0446. The molecule has 0 heterocycles. The van der Waals surface area contributed by atoms with E-state index in [9.17, 15) is 5.11 Å². The zero-order valence-corrected chi connectivity index (χ0v) is 10.6. The van der Waals surface area contributed by atoms with Crippen molar-refractivity contribution in [2.45, 2.75) is 52.1 Å². The van der Waals surface area contributed by atoms with Crippen LogP contribution in [0, 0.1) is 19.8 Å². The van der Waals surface area contributed by atoms with Gasteiger partial charge in [0.2, 0.25) is 0 Å². The molecule has 1 saturated carbocycles. The summed E-state index contributed by atoms with van der Waals surface area (Å²) in [6.45, 7) is 6.48. The van der Waals surface area contributed by atoms with Gasteiger partial charge in [0.1, 0.15) is 0 Å². The molecule has 2 unspecified atom stereocenters. The van der Waals surface area contributed by atoms with E-state index < -0.39 is 5.60 Å². The highest BCUT2D eigenvalue weighted by molar-refractivity contribution is 5.29. The quantitative estimate of drug-likeness (QED) is 0.806. The fourth-order valence-corrected chi connectivity index (χ4v) is 3.08. The van der Waals surface area contributed by atoms with Crippen LogP contribution in [0.1, 0.15) is 42.9 Å². The third kappa shape index (κ3) is 2.65. The Morgan fingerprint density at radius 2 is 1.88 bits per heavy atom. The predicted molar refractivity (Wildman–Crippen MR) is 67.6 cm³/mol. The first-order valence-corrected chi connectivity index (χ1v) is 6.26. The number of rotatable bonds is 2. The van der Waals surface area contributed by atoms with Crippen LogP contribution in [-0.4, -0.2) is 10.7 Å². The van der Waals surface area contributed by atoms with Gasteiger partial charge >= 0.3 is 0 Å². The normalized spacial score (nSPS) is 29.6. The van der Waals surface area contributed by atoms with Crippen LogP contribution in [0.5, 0.6) is 0 Å². The maximum Gasteiger partial charge on any atom is 0.0690 e. The van der Waals surface area contributed by atoms with Crippen LogP contribution < -0.4 is 0 Å². The Morgan fingerprint density at radius 3 is 2.38 bits per heavy atom. The summed E-state index contributed by atoms with van der Waals surface area (Å²) in [6, 6.07) is 6.59. The molecule has 2 atom stereocenters. The Hall–Kier alpha value is -0.820. The first-order chi connectivity index (χ1) is 7.47. The van der Waals surface area contributed by atoms with Crippen LogP contribution in [0.25, 0.3) is 0 Å². The molecule has 1 aliphatic carbocycles. The molecule has 0 aliphatic heterocycles. The van der Waals surface area contributed by atoms with Gasteiger partial charge in [-0.05, 0) is 44.6 Å². The highest BCUT2D eigenvalue weighted by Gasteiger charge is 2.35. The second-order valence-corrected chi connectivity index (χ2v) is 5.75. The van der Waals surface area contributed by atoms with Gasteiger partial charge in [-0.1, -0.05) is 36.2 Å². The van der Waals surface area contributed by atoms with Crippen molar-refractivity contribution in [3.63, 3.8) is 0 Å². The van der Waals surface area contributed by atoms with E-state index in [4.69, 9.17) is 0 Å². The summed E-state index contributed by atoms with van der Waals surface area (Å²) in [5.74, 6) is 0.677.